The van der Waals surface area contributed by atoms with Crippen molar-refractivity contribution in [1.82, 2.24) is 9.80 Å². The Morgan fingerprint density at radius 2 is 1.80 bits per heavy atom. The Labute approximate surface area is 121 Å². The molecule has 2 rings (SSSR count). The van der Waals surface area contributed by atoms with Crippen molar-refractivity contribution in [1.29, 1.82) is 0 Å². The number of aliphatic hydroxyl groups excluding tert-OH is 1. The van der Waals surface area contributed by atoms with Crippen molar-refractivity contribution >= 4 is 6.09 Å². The van der Waals surface area contributed by atoms with Crippen molar-refractivity contribution in [3.05, 3.63) is 0 Å². The fraction of sp³-hybridized carbons (Fsp3) is 0.933. The molecule has 20 heavy (non-hydrogen) atoms. The zero-order valence-electron chi connectivity index (χ0n) is 13.0. The van der Waals surface area contributed by atoms with Gasteiger partial charge in [-0.25, -0.2) is 4.79 Å². The van der Waals surface area contributed by atoms with Gasteiger partial charge in [0.05, 0.1) is 6.10 Å². The third-order valence-electron chi connectivity index (χ3n) is 4.10. The number of aliphatic hydroxyl groups is 1. The summed E-state index contributed by atoms with van der Waals surface area (Å²) in [4.78, 5) is 16.2. The van der Waals surface area contributed by atoms with Gasteiger partial charge in [0.2, 0.25) is 0 Å². The molecule has 0 bridgehead atoms. The Balaban J connectivity index is 1.78. The van der Waals surface area contributed by atoms with Crippen LogP contribution >= 0.6 is 0 Å². The summed E-state index contributed by atoms with van der Waals surface area (Å²) >= 11 is 0. The van der Waals surface area contributed by atoms with Crippen LogP contribution in [0.5, 0.6) is 0 Å². The van der Waals surface area contributed by atoms with Crippen molar-refractivity contribution in [3.63, 3.8) is 0 Å². The SMILES string of the molecule is CC(C)(C)OC(=O)N1CCN(C2CCCC(O)C2)CC1. The molecule has 2 aliphatic rings. The van der Waals surface area contributed by atoms with Crippen molar-refractivity contribution in [2.45, 2.75) is 64.2 Å². The lowest BCUT2D eigenvalue weighted by Gasteiger charge is -2.41. The van der Waals surface area contributed by atoms with Crippen LogP contribution < -0.4 is 0 Å². The molecule has 1 aliphatic carbocycles. The van der Waals surface area contributed by atoms with Gasteiger partial charge in [0.25, 0.3) is 0 Å². The third-order valence-corrected chi connectivity index (χ3v) is 4.10. The van der Waals surface area contributed by atoms with Crippen molar-refractivity contribution in [2.75, 3.05) is 26.2 Å². The summed E-state index contributed by atoms with van der Waals surface area (Å²) in [6.07, 6.45) is 3.75. The maximum Gasteiger partial charge on any atom is 0.410 e. The molecule has 116 valence electrons. The topological polar surface area (TPSA) is 53.0 Å². The van der Waals surface area contributed by atoms with Crippen LogP contribution in [0.2, 0.25) is 0 Å². The quantitative estimate of drug-likeness (QED) is 0.798. The first-order valence-corrected chi connectivity index (χ1v) is 7.75. The number of hydrogen-bond donors (Lipinski definition) is 1. The first-order chi connectivity index (χ1) is 9.35. The van der Waals surface area contributed by atoms with Crippen LogP contribution in [-0.4, -0.2) is 64.9 Å². The van der Waals surface area contributed by atoms with Gasteiger partial charge in [0.15, 0.2) is 0 Å². The molecule has 0 aromatic carbocycles. The Kier molecular flexibility index (Phi) is 4.91. The van der Waals surface area contributed by atoms with Crippen LogP contribution in [0.1, 0.15) is 46.5 Å². The highest BCUT2D eigenvalue weighted by molar-refractivity contribution is 5.68. The number of nitrogens with zero attached hydrogens (tertiary/aromatic N) is 2. The van der Waals surface area contributed by atoms with Crippen LogP contribution in [-0.2, 0) is 4.74 Å². The van der Waals surface area contributed by atoms with Crippen molar-refractivity contribution in [2.24, 2.45) is 0 Å². The van der Waals surface area contributed by atoms with E-state index in [1.165, 1.54) is 6.42 Å². The van der Waals surface area contributed by atoms with E-state index in [0.717, 1.165) is 45.4 Å². The molecule has 1 saturated heterocycles. The smallest absolute Gasteiger partial charge is 0.410 e. The molecule has 2 atom stereocenters. The number of amides is 1. The average Bonchev–Trinajstić information content (AvgIpc) is 2.37. The van der Waals surface area contributed by atoms with E-state index in [2.05, 4.69) is 4.90 Å². The molecule has 2 unspecified atom stereocenters. The highest BCUT2D eigenvalue weighted by Crippen LogP contribution is 2.24. The van der Waals surface area contributed by atoms with Crippen molar-refractivity contribution < 1.29 is 14.6 Å². The summed E-state index contributed by atoms with van der Waals surface area (Å²) < 4.78 is 5.40. The van der Waals surface area contributed by atoms with Gasteiger partial charge in [-0.15, -0.1) is 0 Å². The second kappa shape index (κ2) is 6.31. The minimum atomic E-state index is -0.429. The summed E-state index contributed by atoms with van der Waals surface area (Å²) in [5.41, 5.74) is -0.429. The van der Waals surface area contributed by atoms with Crippen LogP contribution in [0, 0.1) is 0 Å². The van der Waals surface area contributed by atoms with Gasteiger partial charge in [-0.2, -0.15) is 0 Å². The summed E-state index contributed by atoms with van der Waals surface area (Å²) in [5, 5.41) is 9.77. The van der Waals surface area contributed by atoms with Crippen LogP contribution in [0.25, 0.3) is 0 Å². The van der Waals surface area contributed by atoms with E-state index < -0.39 is 5.60 Å². The number of carbonyl (C=O) groups excluding carboxylic acids is 1. The molecular formula is C15H28N2O3. The highest BCUT2D eigenvalue weighted by atomic mass is 16.6. The molecule has 1 saturated carbocycles. The minimum Gasteiger partial charge on any atom is -0.444 e. The lowest BCUT2D eigenvalue weighted by atomic mass is 9.91. The molecule has 5 heteroatoms. The normalized spacial score (nSPS) is 29.3. The van der Waals surface area contributed by atoms with Crippen LogP contribution in [0.15, 0.2) is 0 Å². The predicted octanol–water partition coefficient (Wildman–Crippen LogP) is 1.84. The van der Waals surface area contributed by atoms with Crippen molar-refractivity contribution in [3.8, 4) is 0 Å². The number of hydrogen-bond acceptors (Lipinski definition) is 4. The maximum absolute atomic E-state index is 12.0. The molecule has 1 heterocycles. The second-order valence-electron chi connectivity index (χ2n) is 6.98. The van der Waals surface area contributed by atoms with Gasteiger partial charge in [0, 0.05) is 32.2 Å². The first kappa shape index (κ1) is 15.6. The number of carbonyl (C=O) groups is 1. The molecule has 0 aromatic heterocycles. The summed E-state index contributed by atoms with van der Waals surface area (Å²) in [6, 6.07) is 0.486. The van der Waals surface area contributed by atoms with E-state index in [4.69, 9.17) is 4.74 Å². The Morgan fingerprint density at radius 1 is 1.15 bits per heavy atom. The highest BCUT2D eigenvalue weighted by Gasteiger charge is 2.31. The molecule has 1 amide bonds. The minimum absolute atomic E-state index is 0.141. The lowest BCUT2D eigenvalue weighted by molar-refractivity contribution is 0.000954. The molecule has 5 nitrogen and oxygen atoms in total. The zero-order chi connectivity index (χ0) is 14.8. The molecule has 0 spiro atoms. The fourth-order valence-electron chi connectivity index (χ4n) is 3.07. The Bertz CT molecular complexity index is 333. The van der Waals surface area contributed by atoms with Gasteiger partial charge >= 0.3 is 6.09 Å². The second-order valence-corrected chi connectivity index (χ2v) is 6.98. The van der Waals surface area contributed by atoms with E-state index in [9.17, 15) is 9.90 Å². The summed E-state index contributed by atoms with van der Waals surface area (Å²) in [5.74, 6) is 0. The van der Waals surface area contributed by atoms with E-state index in [0.29, 0.717) is 6.04 Å². The standard InChI is InChI=1S/C15H28N2O3/c1-15(2,3)20-14(19)17-9-7-16(8-10-17)12-5-4-6-13(18)11-12/h12-13,18H,4-11H2,1-3H3. The fourth-order valence-corrected chi connectivity index (χ4v) is 3.07. The van der Waals surface area contributed by atoms with Gasteiger partial charge in [-0.3, -0.25) is 4.90 Å². The summed E-state index contributed by atoms with van der Waals surface area (Å²) in [6.45, 7) is 8.90. The average molecular weight is 284 g/mol. The first-order valence-electron chi connectivity index (χ1n) is 7.75. The predicted molar refractivity (Wildman–Crippen MR) is 77.6 cm³/mol. The zero-order valence-corrected chi connectivity index (χ0v) is 13.0. The molecule has 1 N–H and O–H groups in total. The summed E-state index contributed by atoms with van der Waals surface area (Å²) in [7, 11) is 0. The van der Waals surface area contributed by atoms with Crippen LogP contribution in [0.4, 0.5) is 4.79 Å². The monoisotopic (exact) mass is 284 g/mol. The number of piperazine rings is 1. The largest absolute Gasteiger partial charge is 0.444 e. The Morgan fingerprint density at radius 3 is 2.35 bits per heavy atom. The van der Waals surface area contributed by atoms with E-state index in [1.807, 2.05) is 20.8 Å². The third kappa shape index (κ3) is 4.35. The maximum atomic E-state index is 12.0. The molecule has 0 radical (unpaired) electrons. The molecule has 1 aliphatic heterocycles. The Hall–Kier alpha value is -0.810. The van der Waals surface area contributed by atoms with Gasteiger partial charge < -0.3 is 14.7 Å². The molecule has 2 fully saturated rings. The van der Waals surface area contributed by atoms with E-state index in [-0.39, 0.29) is 12.2 Å². The van der Waals surface area contributed by atoms with E-state index >= 15 is 0 Å². The molecule has 0 aromatic rings. The molecular weight excluding hydrogens is 256 g/mol. The van der Waals surface area contributed by atoms with Gasteiger partial charge in [0.1, 0.15) is 5.60 Å². The van der Waals surface area contributed by atoms with Crippen LogP contribution in [0.3, 0.4) is 0 Å². The van der Waals surface area contributed by atoms with E-state index in [1.54, 1.807) is 4.90 Å². The van der Waals surface area contributed by atoms with Gasteiger partial charge in [-0.1, -0.05) is 0 Å². The number of ether oxygens (including phenoxy) is 1. The van der Waals surface area contributed by atoms with Gasteiger partial charge in [-0.05, 0) is 46.5 Å². The lowest BCUT2D eigenvalue weighted by Crippen LogP contribution is -2.53. The number of rotatable bonds is 1.